The van der Waals surface area contributed by atoms with Crippen LogP contribution in [0.25, 0.3) is 22.3 Å². The maximum atomic E-state index is 9.55. The standard InChI is InChI=1S/C18H19N3O3/c1-4-21-10-15(13-5-7-14(22)8-6-13)18(16(21)9-19-23)17-11(2)20-24-12(17)3/h5-10,22-23H,4H2,1-3H3. The lowest BCUT2D eigenvalue weighted by molar-refractivity contribution is 0.321. The SMILES string of the molecule is CCn1cc(-c2ccc(O)cc2)c(-c2c(C)noc2C)c1C=NO. The van der Waals surface area contributed by atoms with Gasteiger partial charge in [0.25, 0.3) is 0 Å². The molecule has 0 unspecified atom stereocenters. The Kier molecular flexibility index (Phi) is 4.12. The predicted octanol–water partition coefficient (Wildman–Crippen LogP) is 3.96. The highest BCUT2D eigenvalue weighted by Crippen LogP contribution is 2.39. The first-order chi connectivity index (χ1) is 11.6. The van der Waals surface area contributed by atoms with Gasteiger partial charge < -0.3 is 19.4 Å². The van der Waals surface area contributed by atoms with Crippen LogP contribution in [0, 0.1) is 13.8 Å². The predicted molar refractivity (Wildman–Crippen MR) is 91.6 cm³/mol. The lowest BCUT2D eigenvalue weighted by Crippen LogP contribution is -2.00. The number of aromatic nitrogens is 2. The molecule has 0 fully saturated rings. The molecule has 0 aliphatic carbocycles. The number of hydrogen-bond donors (Lipinski definition) is 2. The van der Waals surface area contributed by atoms with Crippen LogP contribution >= 0.6 is 0 Å². The Bertz CT molecular complexity index is 870. The molecule has 0 aliphatic heterocycles. The molecule has 124 valence electrons. The molecule has 3 aromatic rings. The van der Waals surface area contributed by atoms with Crippen LogP contribution in [-0.2, 0) is 6.54 Å². The molecule has 2 heterocycles. The van der Waals surface area contributed by atoms with Gasteiger partial charge in [0.05, 0.1) is 23.2 Å². The van der Waals surface area contributed by atoms with E-state index in [9.17, 15) is 5.11 Å². The van der Waals surface area contributed by atoms with Gasteiger partial charge in [-0.25, -0.2) is 0 Å². The molecule has 2 N–H and O–H groups in total. The van der Waals surface area contributed by atoms with E-state index in [1.54, 1.807) is 12.1 Å². The van der Waals surface area contributed by atoms with E-state index in [4.69, 9.17) is 9.73 Å². The number of hydrogen-bond acceptors (Lipinski definition) is 5. The summed E-state index contributed by atoms with van der Waals surface area (Å²) in [5.41, 5.74) is 5.24. The molecule has 1 aromatic carbocycles. The Morgan fingerprint density at radius 3 is 2.46 bits per heavy atom. The van der Waals surface area contributed by atoms with Crippen molar-refractivity contribution in [1.82, 2.24) is 9.72 Å². The molecule has 0 aliphatic rings. The monoisotopic (exact) mass is 325 g/mol. The minimum absolute atomic E-state index is 0.213. The van der Waals surface area contributed by atoms with Gasteiger partial charge in [-0.05, 0) is 38.5 Å². The van der Waals surface area contributed by atoms with E-state index in [0.29, 0.717) is 5.76 Å². The van der Waals surface area contributed by atoms with Crippen molar-refractivity contribution in [1.29, 1.82) is 0 Å². The highest BCUT2D eigenvalue weighted by molar-refractivity contribution is 5.97. The third kappa shape index (κ3) is 2.56. The maximum absolute atomic E-state index is 9.55. The van der Waals surface area contributed by atoms with Crippen LogP contribution in [0.4, 0.5) is 0 Å². The molecular weight excluding hydrogens is 306 g/mol. The lowest BCUT2D eigenvalue weighted by atomic mass is 9.96. The van der Waals surface area contributed by atoms with E-state index in [1.807, 2.05) is 43.7 Å². The summed E-state index contributed by atoms with van der Waals surface area (Å²) in [5.74, 6) is 0.915. The zero-order chi connectivity index (χ0) is 17.3. The zero-order valence-corrected chi connectivity index (χ0v) is 13.8. The van der Waals surface area contributed by atoms with Gasteiger partial charge in [-0.1, -0.05) is 22.4 Å². The Labute approximate surface area is 139 Å². The second-order valence-corrected chi connectivity index (χ2v) is 5.58. The van der Waals surface area contributed by atoms with Crippen LogP contribution in [0.5, 0.6) is 5.75 Å². The zero-order valence-electron chi connectivity index (χ0n) is 13.8. The quantitative estimate of drug-likeness (QED) is 0.432. The van der Waals surface area contributed by atoms with Crippen molar-refractivity contribution in [3.63, 3.8) is 0 Å². The van der Waals surface area contributed by atoms with E-state index < -0.39 is 0 Å². The average molecular weight is 325 g/mol. The normalized spacial score (nSPS) is 11.5. The van der Waals surface area contributed by atoms with E-state index >= 15 is 0 Å². The molecule has 0 radical (unpaired) electrons. The number of rotatable bonds is 4. The molecule has 0 bridgehead atoms. The van der Waals surface area contributed by atoms with Crippen LogP contribution in [-0.4, -0.2) is 26.3 Å². The van der Waals surface area contributed by atoms with Crippen LogP contribution < -0.4 is 0 Å². The van der Waals surface area contributed by atoms with Gasteiger partial charge in [0.2, 0.25) is 0 Å². The number of aryl methyl sites for hydroxylation is 3. The smallest absolute Gasteiger partial charge is 0.141 e. The minimum Gasteiger partial charge on any atom is -0.508 e. The third-order valence-electron chi connectivity index (χ3n) is 4.10. The fourth-order valence-corrected chi connectivity index (χ4v) is 2.99. The van der Waals surface area contributed by atoms with Gasteiger partial charge in [-0.2, -0.15) is 0 Å². The summed E-state index contributed by atoms with van der Waals surface area (Å²) < 4.78 is 7.33. The van der Waals surface area contributed by atoms with Crippen molar-refractivity contribution >= 4 is 6.21 Å². The van der Waals surface area contributed by atoms with Gasteiger partial charge in [-0.15, -0.1) is 0 Å². The average Bonchev–Trinajstić information content (AvgIpc) is 3.08. The van der Waals surface area contributed by atoms with E-state index in [1.165, 1.54) is 6.21 Å². The second kappa shape index (κ2) is 6.23. The molecule has 24 heavy (non-hydrogen) atoms. The fraction of sp³-hybridized carbons (Fsp3) is 0.222. The van der Waals surface area contributed by atoms with Crippen LogP contribution in [0.2, 0.25) is 0 Å². The van der Waals surface area contributed by atoms with Gasteiger partial charge in [0.15, 0.2) is 0 Å². The molecule has 0 saturated carbocycles. The number of phenols is 1. The second-order valence-electron chi connectivity index (χ2n) is 5.58. The molecule has 2 aromatic heterocycles. The molecule has 0 spiro atoms. The van der Waals surface area contributed by atoms with Crippen LogP contribution in [0.1, 0.15) is 24.1 Å². The Balaban J connectivity index is 2.35. The lowest BCUT2D eigenvalue weighted by Gasteiger charge is -2.07. The van der Waals surface area contributed by atoms with Crippen LogP contribution in [0.3, 0.4) is 0 Å². The molecule has 0 atom stereocenters. The first-order valence-electron chi connectivity index (χ1n) is 7.70. The van der Waals surface area contributed by atoms with E-state index in [2.05, 4.69) is 10.3 Å². The summed E-state index contributed by atoms with van der Waals surface area (Å²) in [6.45, 7) is 6.48. The summed E-state index contributed by atoms with van der Waals surface area (Å²) in [7, 11) is 0. The van der Waals surface area contributed by atoms with Crippen molar-refractivity contribution in [3.05, 3.63) is 47.6 Å². The molecule has 0 saturated heterocycles. The van der Waals surface area contributed by atoms with Crippen molar-refractivity contribution in [2.45, 2.75) is 27.3 Å². The first-order valence-corrected chi connectivity index (χ1v) is 7.70. The van der Waals surface area contributed by atoms with Crippen molar-refractivity contribution in [2.24, 2.45) is 5.16 Å². The van der Waals surface area contributed by atoms with Crippen molar-refractivity contribution in [2.75, 3.05) is 0 Å². The number of benzene rings is 1. The molecule has 3 rings (SSSR count). The van der Waals surface area contributed by atoms with E-state index in [0.717, 1.165) is 40.2 Å². The Hall–Kier alpha value is -3.02. The van der Waals surface area contributed by atoms with Gasteiger partial charge in [0, 0.05) is 23.9 Å². The fourth-order valence-electron chi connectivity index (χ4n) is 2.99. The summed E-state index contributed by atoms with van der Waals surface area (Å²) in [5, 5.41) is 25.9. The minimum atomic E-state index is 0.213. The first kappa shape index (κ1) is 15.9. The number of nitrogens with zero attached hydrogens (tertiary/aromatic N) is 3. The molecule has 6 heteroatoms. The van der Waals surface area contributed by atoms with Crippen molar-refractivity contribution in [3.8, 4) is 28.0 Å². The van der Waals surface area contributed by atoms with Gasteiger partial charge in [0.1, 0.15) is 11.5 Å². The largest absolute Gasteiger partial charge is 0.508 e. The maximum Gasteiger partial charge on any atom is 0.141 e. The summed E-state index contributed by atoms with van der Waals surface area (Å²) in [4.78, 5) is 0. The summed E-state index contributed by atoms with van der Waals surface area (Å²) in [6.07, 6.45) is 3.43. The summed E-state index contributed by atoms with van der Waals surface area (Å²) in [6, 6.07) is 7.00. The highest BCUT2D eigenvalue weighted by Gasteiger charge is 2.23. The van der Waals surface area contributed by atoms with E-state index in [-0.39, 0.29) is 5.75 Å². The van der Waals surface area contributed by atoms with Crippen LogP contribution in [0.15, 0.2) is 40.1 Å². The number of aromatic hydroxyl groups is 1. The Morgan fingerprint density at radius 2 is 1.92 bits per heavy atom. The molecule has 6 nitrogen and oxygen atoms in total. The van der Waals surface area contributed by atoms with Crippen molar-refractivity contribution < 1.29 is 14.8 Å². The topological polar surface area (TPSA) is 83.8 Å². The van der Waals surface area contributed by atoms with Gasteiger partial charge in [-0.3, -0.25) is 0 Å². The van der Waals surface area contributed by atoms with Gasteiger partial charge >= 0.3 is 0 Å². The number of phenolic OH excluding ortho intramolecular Hbond substituents is 1. The third-order valence-corrected chi connectivity index (χ3v) is 4.10. The summed E-state index contributed by atoms with van der Waals surface area (Å²) >= 11 is 0. The Morgan fingerprint density at radius 1 is 1.21 bits per heavy atom. The molecule has 0 amide bonds. The highest BCUT2D eigenvalue weighted by atomic mass is 16.5. The number of oxime groups is 1. The molecular formula is C18H19N3O3.